The summed E-state index contributed by atoms with van der Waals surface area (Å²) < 4.78 is 33.4. The number of nitrogens with one attached hydrogen (secondary N) is 3. The van der Waals surface area contributed by atoms with Gasteiger partial charge in [-0.3, -0.25) is 10.1 Å². The highest BCUT2D eigenvalue weighted by Gasteiger charge is 2.27. The Hall–Kier alpha value is -4.44. The summed E-state index contributed by atoms with van der Waals surface area (Å²) in [7, 11) is -4.24. The van der Waals surface area contributed by atoms with E-state index in [0.29, 0.717) is 27.6 Å². The Balaban J connectivity index is 1.49. The van der Waals surface area contributed by atoms with Gasteiger partial charge in [0.05, 0.1) is 17.2 Å². The fourth-order valence-corrected chi connectivity index (χ4v) is 5.82. The zero-order chi connectivity index (χ0) is 29.6. The minimum absolute atomic E-state index is 0.0144. The van der Waals surface area contributed by atoms with Crippen LogP contribution in [0.1, 0.15) is 22.8 Å². The maximum Gasteiger partial charge on any atom is 0.341 e. The van der Waals surface area contributed by atoms with E-state index in [1.807, 2.05) is 0 Å². The average molecular weight is 614 g/mol. The van der Waals surface area contributed by atoms with Crippen molar-refractivity contribution >= 4 is 61.2 Å². The number of phenols is 1. The van der Waals surface area contributed by atoms with Gasteiger partial charge in [0, 0.05) is 35.3 Å². The predicted octanol–water partition coefficient (Wildman–Crippen LogP) is 4.89. The van der Waals surface area contributed by atoms with Gasteiger partial charge in [0.15, 0.2) is 15.1 Å². The quantitative estimate of drug-likeness (QED) is 0.0830. The van der Waals surface area contributed by atoms with Crippen LogP contribution in [0.3, 0.4) is 0 Å². The molecule has 4 rings (SSSR count). The van der Waals surface area contributed by atoms with E-state index in [0.717, 1.165) is 6.07 Å². The van der Waals surface area contributed by atoms with Crippen molar-refractivity contribution in [1.29, 1.82) is 0 Å². The number of phenolic OH excluding ortho intramolecular Hbond substituents is 1. The second-order valence-corrected chi connectivity index (χ2v) is 11.3. The maximum absolute atomic E-state index is 13.0. The van der Waals surface area contributed by atoms with Crippen molar-refractivity contribution in [3.8, 4) is 17.0 Å². The summed E-state index contributed by atoms with van der Waals surface area (Å²) in [6.07, 6.45) is 0. The molecule has 12 nitrogen and oxygen atoms in total. The van der Waals surface area contributed by atoms with Crippen LogP contribution in [0.25, 0.3) is 11.3 Å². The van der Waals surface area contributed by atoms with Crippen molar-refractivity contribution in [1.82, 2.24) is 9.71 Å². The van der Waals surface area contributed by atoms with E-state index in [-0.39, 0.29) is 29.6 Å². The molecule has 0 fully saturated rings. The maximum atomic E-state index is 13.0. The molecule has 0 saturated heterocycles. The highest BCUT2D eigenvalue weighted by molar-refractivity contribution is 7.89. The molecular formula is C26H23N5O7S3. The van der Waals surface area contributed by atoms with Crippen molar-refractivity contribution < 1.29 is 28.0 Å². The van der Waals surface area contributed by atoms with Crippen LogP contribution in [0.4, 0.5) is 16.5 Å². The second kappa shape index (κ2) is 12.8. The van der Waals surface area contributed by atoms with Crippen LogP contribution >= 0.6 is 23.6 Å². The summed E-state index contributed by atoms with van der Waals surface area (Å²) >= 11 is 6.48. The fraction of sp³-hybridized carbons (Fsp3) is 0.115. The van der Waals surface area contributed by atoms with E-state index >= 15 is 0 Å². The van der Waals surface area contributed by atoms with Gasteiger partial charge in [-0.05, 0) is 49.0 Å². The normalized spacial score (nSPS) is 11.0. The summed E-state index contributed by atoms with van der Waals surface area (Å²) in [6, 6.07) is 16.8. The number of ether oxygens (including phenoxy) is 1. The van der Waals surface area contributed by atoms with Gasteiger partial charge >= 0.3 is 5.97 Å². The highest BCUT2D eigenvalue weighted by Crippen LogP contribution is 2.32. The molecule has 212 valence electrons. The predicted molar refractivity (Wildman–Crippen MR) is 159 cm³/mol. The number of carbonyl (C=O) groups excluding carboxylic acids is 1. The lowest BCUT2D eigenvalue weighted by Gasteiger charge is -2.10. The van der Waals surface area contributed by atoms with Gasteiger partial charge in [-0.1, -0.05) is 30.3 Å². The number of anilines is 2. The molecule has 0 atom stereocenters. The average Bonchev–Trinajstić information content (AvgIpc) is 3.40. The third kappa shape index (κ3) is 7.40. The molecule has 0 aliphatic carbocycles. The minimum atomic E-state index is -4.24. The summed E-state index contributed by atoms with van der Waals surface area (Å²) in [5.41, 5.74) is 1.26. The molecule has 0 bridgehead atoms. The summed E-state index contributed by atoms with van der Waals surface area (Å²) in [5, 5.41) is 29.6. The molecular weight excluding hydrogens is 591 g/mol. The monoisotopic (exact) mass is 613 g/mol. The number of nitro groups is 1. The first-order valence-corrected chi connectivity index (χ1v) is 14.7. The number of nitrogens with zero attached hydrogens (tertiary/aromatic N) is 2. The molecule has 4 aromatic rings. The van der Waals surface area contributed by atoms with E-state index in [1.165, 1.54) is 41.7 Å². The molecule has 15 heteroatoms. The lowest BCUT2D eigenvalue weighted by molar-refractivity contribution is -0.387. The first-order valence-electron chi connectivity index (χ1n) is 11.9. The zero-order valence-electron chi connectivity index (χ0n) is 21.4. The van der Waals surface area contributed by atoms with Crippen molar-refractivity contribution in [2.24, 2.45) is 0 Å². The lowest BCUT2D eigenvalue weighted by Crippen LogP contribution is -2.24. The Morgan fingerprint density at radius 1 is 1.12 bits per heavy atom. The zero-order valence-corrected chi connectivity index (χ0v) is 23.8. The summed E-state index contributed by atoms with van der Waals surface area (Å²) in [5.74, 6) is -0.934. The largest absolute Gasteiger partial charge is 0.507 e. The minimum Gasteiger partial charge on any atom is -0.507 e. The first-order chi connectivity index (χ1) is 19.6. The molecule has 1 heterocycles. The van der Waals surface area contributed by atoms with Crippen LogP contribution in [0.15, 0.2) is 77.0 Å². The third-order valence-electron chi connectivity index (χ3n) is 5.53. The van der Waals surface area contributed by atoms with Crippen LogP contribution in [-0.4, -0.2) is 41.1 Å². The van der Waals surface area contributed by atoms with E-state index < -0.39 is 31.5 Å². The molecule has 0 aliphatic rings. The van der Waals surface area contributed by atoms with Gasteiger partial charge in [-0.25, -0.2) is 22.9 Å². The molecule has 0 amide bonds. The molecule has 0 saturated carbocycles. The molecule has 41 heavy (non-hydrogen) atoms. The number of sulfonamides is 1. The number of carbonyl (C=O) groups is 1. The Kier molecular flexibility index (Phi) is 9.24. The molecule has 0 aliphatic heterocycles. The number of rotatable bonds is 10. The Morgan fingerprint density at radius 2 is 1.88 bits per heavy atom. The van der Waals surface area contributed by atoms with Crippen LogP contribution in [0, 0.1) is 10.1 Å². The number of benzene rings is 3. The van der Waals surface area contributed by atoms with Crippen LogP contribution in [0.2, 0.25) is 0 Å². The van der Waals surface area contributed by atoms with Crippen molar-refractivity contribution in [3.63, 3.8) is 0 Å². The molecule has 0 spiro atoms. The molecule has 0 radical (unpaired) electrons. The van der Waals surface area contributed by atoms with Gasteiger partial charge in [-0.15, -0.1) is 11.3 Å². The van der Waals surface area contributed by atoms with Gasteiger partial charge in [0.25, 0.3) is 5.69 Å². The first kappa shape index (κ1) is 29.5. The standard InChI is InChI=1S/C26H23N5O7S3/c1-2-38-24(33)19-10-9-18(13-22(19)32)28-25(39)30-26-29-20(15-40-26)17-8-11-21(31(34)35)23(12-17)41(36,37)27-14-16-6-4-3-5-7-16/h3-13,15,27,32H,2,14H2,1H3,(H2,28,29,30,39). The van der Waals surface area contributed by atoms with Gasteiger partial charge < -0.3 is 20.5 Å². The number of hydrogen-bond acceptors (Lipinski definition) is 10. The van der Waals surface area contributed by atoms with Gasteiger partial charge in [0.2, 0.25) is 10.0 Å². The van der Waals surface area contributed by atoms with Crippen LogP contribution in [0.5, 0.6) is 5.75 Å². The lowest BCUT2D eigenvalue weighted by atomic mass is 10.1. The molecule has 4 N–H and O–H groups in total. The number of aromatic hydroxyl groups is 1. The number of aromatic nitrogens is 1. The topological polar surface area (TPSA) is 173 Å². The fourth-order valence-electron chi connectivity index (χ4n) is 3.61. The molecule has 3 aromatic carbocycles. The number of esters is 1. The Morgan fingerprint density at radius 3 is 2.56 bits per heavy atom. The van der Waals surface area contributed by atoms with Crippen molar-refractivity contribution in [3.05, 3.63) is 93.4 Å². The van der Waals surface area contributed by atoms with E-state index in [2.05, 4.69) is 20.3 Å². The number of thiocarbonyl (C=S) groups is 1. The number of thiazole rings is 1. The number of hydrogen-bond donors (Lipinski definition) is 4. The summed E-state index contributed by atoms with van der Waals surface area (Å²) in [6.45, 7) is 1.79. The van der Waals surface area contributed by atoms with Gasteiger partial charge in [-0.2, -0.15) is 0 Å². The van der Waals surface area contributed by atoms with Crippen molar-refractivity contribution in [2.45, 2.75) is 18.4 Å². The second-order valence-electron chi connectivity index (χ2n) is 8.32. The number of nitro benzene ring substituents is 1. The SMILES string of the molecule is CCOC(=O)c1ccc(NC(=S)Nc2nc(-c3ccc([N+](=O)[O-])c(S(=O)(=O)NCc4ccccc4)c3)cs2)cc1O. The molecule has 1 aromatic heterocycles. The Bertz CT molecular complexity index is 1710. The van der Waals surface area contributed by atoms with E-state index in [1.54, 1.807) is 42.6 Å². The Labute approximate surface area is 244 Å². The highest BCUT2D eigenvalue weighted by atomic mass is 32.2. The summed E-state index contributed by atoms with van der Waals surface area (Å²) in [4.78, 5) is 26.6. The third-order valence-corrected chi connectivity index (χ3v) is 7.92. The van der Waals surface area contributed by atoms with Crippen LogP contribution < -0.4 is 15.4 Å². The van der Waals surface area contributed by atoms with Crippen molar-refractivity contribution in [2.75, 3.05) is 17.2 Å². The molecule has 0 unspecified atom stereocenters. The van der Waals surface area contributed by atoms with Gasteiger partial charge in [0.1, 0.15) is 11.3 Å². The van der Waals surface area contributed by atoms with E-state index in [9.17, 15) is 28.4 Å². The van der Waals surface area contributed by atoms with Crippen LogP contribution in [-0.2, 0) is 21.3 Å². The smallest absolute Gasteiger partial charge is 0.341 e. The van der Waals surface area contributed by atoms with E-state index in [4.69, 9.17) is 17.0 Å².